The third kappa shape index (κ3) is 4.03. The lowest BCUT2D eigenvalue weighted by atomic mass is 9.89. The van der Waals surface area contributed by atoms with Crippen molar-refractivity contribution < 1.29 is 4.74 Å². The van der Waals surface area contributed by atoms with E-state index in [-0.39, 0.29) is 12.1 Å². The number of para-hydroxylation sites is 1. The molecule has 4 nitrogen and oxygen atoms in total. The summed E-state index contributed by atoms with van der Waals surface area (Å²) in [4.78, 5) is 12.1. The number of hydrogen-bond acceptors (Lipinski definition) is 4. The van der Waals surface area contributed by atoms with Crippen molar-refractivity contribution in [1.82, 2.24) is 14.9 Å². The molecule has 1 aromatic carbocycles. The molecule has 0 N–H and O–H groups in total. The van der Waals surface area contributed by atoms with Gasteiger partial charge in [0.25, 0.3) is 0 Å². The predicted molar refractivity (Wildman–Crippen MR) is 116 cm³/mol. The lowest BCUT2D eigenvalue weighted by molar-refractivity contribution is 0.0674. The smallest absolute Gasteiger partial charge is 0.126 e. The van der Waals surface area contributed by atoms with E-state index >= 15 is 0 Å². The highest BCUT2D eigenvalue weighted by molar-refractivity contribution is 5.41. The normalized spacial score (nSPS) is 19.8. The lowest BCUT2D eigenvalue weighted by Gasteiger charge is -2.42. The van der Waals surface area contributed by atoms with Crippen molar-refractivity contribution in [2.45, 2.75) is 51.7 Å². The third-order valence-electron chi connectivity index (χ3n) is 6.00. The zero-order chi connectivity index (χ0) is 20.2. The molecule has 2 aromatic heterocycles. The van der Waals surface area contributed by atoms with Gasteiger partial charge in [0.15, 0.2) is 0 Å². The van der Waals surface area contributed by atoms with Crippen molar-refractivity contribution in [3.05, 3.63) is 89.0 Å². The van der Waals surface area contributed by atoms with Crippen LogP contribution in [-0.4, -0.2) is 22.0 Å². The summed E-state index contributed by atoms with van der Waals surface area (Å²) >= 11 is 0. The van der Waals surface area contributed by atoms with Gasteiger partial charge in [-0.15, -0.1) is 0 Å². The van der Waals surface area contributed by atoms with Gasteiger partial charge < -0.3 is 4.74 Å². The lowest BCUT2D eigenvalue weighted by Crippen LogP contribution is -2.37. The average Bonchev–Trinajstić information content (AvgIpc) is 2.75. The minimum atomic E-state index is 0.265. The van der Waals surface area contributed by atoms with Crippen LogP contribution >= 0.6 is 0 Å². The minimum absolute atomic E-state index is 0.265. The number of methoxy groups -OCH3 is 1. The highest BCUT2D eigenvalue weighted by atomic mass is 16.5. The number of aryl methyl sites for hydroxylation is 2. The van der Waals surface area contributed by atoms with Crippen molar-refractivity contribution in [2.24, 2.45) is 0 Å². The Labute approximate surface area is 173 Å². The maximum absolute atomic E-state index is 5.77. The first-order valence-electron chi connectivity index (χ1n) is 10.4. The van der Waals surface area contributed by atoms with Crippen molar-refractivity contribution in [1.29, 1.82) is 0 Å². The summed E-state index contributed by atoms with van der Waals surface area (Å²) in [6.07, 6.45) is 7.20. The molecule has 0 saturated carbocycles. The van der Waals surface area contributed by atoms with Gasteiger partial charge in [0.1, 0.15) is 5.75 Å². The predicted octanol–water partition coefficient (Wildman–Crippen LogP) is 5.57. The van der Waals surface area contributed by atoms with Gasteiger partial charge in [0.05, 0.1) is 30.6 Å². The second-order valence-corrected chi connectivity index (χ2v) is 7.86. The van der Waals surface area contributed by atoms with E-state index in [9.17, 15) is 0 Å². The van der Waals surface area contributed by atoms with E-state index in [2.05, 4.69) is 55.1 Å². The van der Waals surface area contributed by atoms with Gasteiger partial charge in [0.2, 0.25) is 0 Å². The minimum Gasteiger partial charge on any atom is -0.496 e. The van der Waals surface area contributed by atoms with Crippen LogP contribution in [0.4, 0.5) is 0 Å². The van der Waals surface area contributed by atoms with E-state index in [1.165, 1.54) is 28.8 Å². The molecule has 4 heteroatoms. The van der Waals surface area contributed by atoms with E-state index in [4.69, 9.17) is 14.7 Å². The van der Waals surface area contributed by atoms with E-state index in [1.54, 1.807) is 7.11 Å². The van der Waals surface area contributed by atoms with Gasteiger partial charge in [-0.3, -0.25) is 14.9 Å². The fraction of sp³-hybridized carbons (Fsp3) is 0.360. The average molecular weight is 388 g/mol. The second kappa shape index (κ2) is 8.75. The molecule has 1 fully saturated rings. The molecule has 2 atom stereocenters. The fourth-order valence-electron chi connectivity index (χ4n) is 4.63. The summed E-state index contributed by atoms with van der Waals surface area (Å²) in [5.41, 5.74) is 5.95. The molecule has 150 valence electrons. The molecule has 0 aliphatic carbocycles. The summed E-state index contributed by atoms with van der Waals surface area (Å²) in [6.45, 7) is 5.08. The number of nitrogens with zero attached hydrogens (tertiary/aromatic N) is 3. The number of hydrogen-bond donors (Lipinski definition) is 0. The summed E-state index contributed by atoms with van der Waals surface area (Å²) in [5, 5.41) is 0. The van der Waals surface area contributed by atoms with E-state index < -0.39 is 0 Å². The van der Waals surface area contributed by atoms with Crippen LogP contribution in [-0.2, 0) is 6.54 Å². The first-order chi connectivity index (χ1) is 14.2. The van der Waals surface area contributed by atoms with Gasteiger partial charge in [-0.1, -0.05) is 30.3 Å². The third-order valence-corrected chi connectivity index (χ3v) is 6.00. The SMILES string of the molecule is COc1c(C)cccc1CN1[C@@H](c2ncccc2C)CCC[C@H]1c1ccccn1. The zero-order valence-electron chi connectivity index (χ0n) is 17.5. The second-order valence-electron chi connectivity index (χ2n) is 7.86. The molecule has 1 aliphatic heterocycles. The molecular weight excluding hydrogens is 358 g/mol. The Balaban J connectivity index is 1.77. The maximum Gasteiger partial charge on any atom is 0.126 e. The van der Waals surface area contributed by atoms with Gasteiger partial charge >= 0.3 is 0 Å². The van der Waals surface area contributed by atoms with Crippen LogP contribution in [0.25, 0.3) is 0 Å². The molecule has 0 spiro atoms. The Morgan fingerprint density at radius 2 is 1.69 bits per heavy atom. The number of likely N-dealkylation sites (tertiary alicyclic amines) is 1. The van der Waals surface area contributed by atoms with E-state index in [0.29, 0.717) is 0 Å². The molecule has 0 unspecified atom stereocenters. The Kier molecular flexibility index (Phi) is 5.91. The fourth-order valence-corrected chi connectivity index (χ4v) is 4.63. The molecule has 29 heavy (non-hydrogen) atoms. The number of ether oxygens (including phenoxy) is 1. The molecule has 0 amide bonds. The van der Waals surface area contributed by atoms with Crippen molar-refractivity contribution in [3.63, 3.8) is 0 Å². The van der Waals surface area contributed by atoms with Crippen molar-refractivity contribution in [3.8, 4) is 5.75 Å². The number of rotatable bonds is 5. The van der Waals surface area contributed by atoms with Crippen LogP contribution in [0.5, 0.6) is 5.75 Å². The first kappa shape index (κ1) is 19.6. The number of pyridine rings is 2. The highest BCUT2D eigenvalue weighted by Crippen LogP contribution is 2.43. The molecule has 3 aromatic rings. The molecule has 3 heterocycles. The van der Waals surface area contributed by atoms with E-state index in [1.807, 2.05) is 24.5 Å². The monoisotopic (exact) mass is 387 g/mol. The quantitative estimate of drug-likeness (QED) is 0.574. The largest absolute Gasteiger partial charge is 0.496 e. The maximum atomic E-state index is 5.77. The molecular formula is C25H29N3O. The summed E-state index contributed by atoms with van der Waals surface area (Å²) in [7, 11) is 1.76. The summed E-state index contributed by atoms with van der Waals surface area (Å²) in [6, 6.07) is 17.3. The van der Waals surface area contributed by atoms with E-state index in [0.717, 1.165) is 30.8 Å². The van der Waals surface area contributed by atoms with Crippen LogP contribution in [0, 0.1) is 13.8 Å². The van der Waals surface area contributed by atoms with Crippen molar-refractivity contribution in [2.75, 3.05) is 7.11 Å². The molecule has 0 bridgehead atoms. The highest BCUT2D eigenvalue weighted by Gasteiger charge is 2.35. The number of piperidine rings is 1. The summed E-state index contributed by atoms with van der Waals surface area (Å²) in [5.74, 6) is 0.981. The molecule has 4 rings (SSSR count). The Hall–Kier alpha value is -2.72. The van der Waals surface area contributed by atoms with Gasteiger partial charge in [-0.2, -0.15) is 0 Å². The van der Waals surface area contributed by atoms with Gasteiger partial charge in [-0.25, -0.2) is 0 Å². The van der Waals surface area contributed by atoms with Crippen molar-refractivity contribution >= 4 is 0 Å². The van der Waals surface area contributed by atoms with Gasteiger partial charge in [-0.05, 0) is 62.4 Å². The summed E-state index contributed by atoms with van der Waals surface area (Å²) < 4.78 is 5.77. The molecule has 1 aliphatic rings. The Morgan fingerprint density at radius 3 is 2.45 bits per heavy atom. The first-order valence-corrected chi connectivity index (χ1v) is 10.4. The Morgan fingerprint density at radius 1 is 0.897 bits per heavy atom. The zero-order valence-corrected chi connectivity index (χ0v) is 17.5. The van der Waals surface area contributed by atoms with Crippen LogP contribution < -0.4 is 4.74 Å². The molecule has 0 radical (unpaired) electrons. The number of benzene rings is 1. The number of aromatic nitrogens is 2. The van der Waals surface area contributed by atoms with Gasteiger partial charge in [0, 0.05) is 24.5 Å². The van der Waals surface area contributed by atoms with Crippen LogP contribution in [0.2, 0.25) is 0 Å². The molecule has 1 saturated heterocycles. The van der Waals surface area contributed by atoms with Crippen LogP contribution in [0.15, 0.2) is 60.9 Å². The van der Waals surface area contributed by atoms with Crippen LogP contribution in [0.1, 0.15) is 59.4 Å². The van der Waals surface area contributed by atoms with Crippen LogP contribution in [0.3, 0.4) is 0 Å². The standard InChI is InChI=1S/C25H29N3O/c1-18-10-8-16-27-24(18)23-14-7-13-22(21-12-4-5-15-26-21)28(23)17-20-11-6-9-19(2)25(20)29-3/h4-6,8-12,15-16,22-23H,7,13-14,17H2,1-3H3/t22-,23+/m0/s1. The topological polar surface area (TPSA) is 38.2 Å². The Bertz CT molecular complexity index is 957.